The van der Waals surface area contributed by atoms with Gasteiger partial charge < -0.3 is 68.0 Å². The molecule has 0 unspecified atom stereocenters. The fourth-order valence-corrected chi connectivity index (χ4v) is 5.80. The van der Waals surface area contributed by atoms with Crippen LogP contribution in [0.5, 0.6) is 0 Å². The molecule has 57 heavy (non-hydrogen) atoms. The van der Waals surface area contributed by atoms with E-state index >= 15 is 0 Å². The van der Waals surface area contributed by atoms with Gasteiger partial charge in [-0.15, -0.1) is 0 Å². The number of guanidine groups is 5. The topological polar surface area (TPSA) is 431 Å². The predicted molar refractivity (Wildman–Crippen MR) is 224 cm³/mol. The van der Waals surface area contributed by atoms with Crippen LogP contribution in [0.3, 0.4) is 0 Å². The number of nitrogens with two attached hydrogens (primary N) is 10. The van der Waals surface area contributed by atoms with E-state index < -0.39 is 47.4 Å². The standard InChI is InChI=1S/C35H69N17O5/c1-3-26(53)24(12-7-17-49-34(42)43)51-30(57)23(11-6-16-48-33(40)41)20-28(55)25(13-8-18-50-35(44)45)52-29(56)22(10-5-15-47-32(38)39)19-27(54)21(2)9-4-14-46-31(36)37/h21-25H,3-20H2,1-2H3,(H,51,57)(H,52,56)(H4,36,37,46)(H4,38,39,47)(H4,40,41,48)(H4,42,43,49)(H4,44,45,50)/t21-,22+,23+,24-,25-/m1/s1. The van der Waals surface area contributed by atoms with Gasteiger partial charge in [0.25, 0.3) is 0 Å². The molecule has 0 saturated heterocycles. The number of carbonyl (C=O) groups excluding carboxylic acids is 5. The summed E-state index contributed by atoms with van der Waals surface area (Å²) in [6, 6.07) is -1.91. The normalized spacial score (nSPS) is 13.3. The van der Waals surface area contributed by atoms with Crippen molar-refractivity contribution in [3.63, 3.8) is 0 Å². The molecule has 0 aromatic heterocycles. The van der Waals surface area contributed by atoms with Gasteiger partial charge in [-0.25, -0.2) is 0 Å². The van der Waals surface area contributed by atoms with Crippen molar-refractivity contribution in [3.8, 4) is 0 Å². The SMILES string of the molecule is CCC(=O)[C@@H](CCCN=C(N)N)NC(=O)[C@@H](CCCN=C(N)N)CC(=O)[C@@H](CCCN=C(N)N)NC(=O)[C@@H](CCCN=C(N)N)CC(=O)[C@H](C)CCCN=C(N)N. The third-order valence-corrected chi connectivity index (χ3v) is 8.94. The zero-order valence-electron chi connectivity index (χ0n) is 33.7. The maximum Gasteiger partial charge on any atom is 0.224 e. The molecule has 22 N–H and O–H groups in total. The van der Waals surface area contributed by atoms with Gasteiger partial charge in [0, 0.05) is 69.7 Å². The quantitative estimate of drug-likeness (QED) is 0.0183. The molecule has 0 aliphatic rings. The highest BCUT2D eigenvalue weighted by Gasteiger charge is 2.32. The Morgan fingerprint density at radius 1 is 0.439 bits per heavy atom. The fraction of sp³-hybridized carbons (Fsp3) is 0.714. The van der Waals surface area contributed by atoms with E-state index in [9.17, 15) is 24.0 Å². The molecule has 0 aliphatic carbocycles. The third-order valence-electron chi connectivity index (χ3n) is 8.94. The van der Waals surface area contributed by atoms with Crippen LogP contribution in [-0.4, -0.2) is 104 Å². The van der Waals surface area contributed by atoms with Crippen molar-refractivity contribution in [2.24, 2.45) is 100 Å². The predicted octanol–water partition coefficient (Wildman–Crippen LogP) is -3.01. The smallest absolute Gasteiger partial charge is 0.224 e. The van der Waals surface area contributed by atoms with Gasteiger partial charge in [0.2, 0.25) is 11.8 Å². The first-order valence-electron chi connectivity index (χ1n) is 19.3. The number of hydrogen-bond acceptors (Lipinski definition) is 10. The van der Waals surface area contributed by atoms with Crippen LogP contribution in [0, 0.1) is 17.8 Å². The zero-order valence-corrected chi connectivity index (χ0v) is 33.7. The average molecular weight is 808 g/mol. The third kappa shape index (κ3) is 25.9. The summed E-state index contributed by atoms with van der Waals surface area (Å²) >= 11 is 0. The van der Waals surface area contributed by atoms with Gasteiger partial charge in [-0.2, -0.15) is 0 Å². The van der Waals surface area contributed by atoms with Crippen molar-refractivity contribution >= 4 is 59.0 Å². The lowest BCUT2D eigenvalue weighted by atomic mass is 9.88. The number of Topliss-reactive ketones (excluding diaryl/α,β-unsaturated/α-hetero) is 3. The number of rotatable bonds is 32. The molecule has 22 heteroatoms. The molecule has 0 aliphatic heterocycles. The number of carbonyl (C=O) groups is 5. The molecule has 2 amide bonds. The Morgan fingerprint density at radius 3 is 1.07 bits per heavy atom. The molecule has 0 saturated carbocycles. The first-order valence-corrected chi connectivity index (χ1v) is 19.3. The maximum absolute atomic E-state index is 14.1. The molecular weight excluding hydrogens is 738 g/mol. The fourth-order valence-electron chi connectivity index (χ4n) is 5.80. The Balaban J connectivity index is 6.40. The molecule has 5 atom stereocenters. The minimum atomic E-state index is -1.07. The van der Waals surface area contributed by atoms with Crippen LogP contribution < -0.4 is 68.0 Å². The molecular formula is C35H69N17O5. The summed E-state index contributed by atoms with van der Waals surface area (Å²) in [7, 11) is 0. The number of nitrogens with zero attached hydrogens (tertiary/aromatic N) is 5. The summed E-state index contributed by atoms with van der Waals surface area (Å²) in [6.45, 7) is 4.65. The number of aliphatic imine (C=N–C) groups is 5. The molecule has 0 bridgehead atoms. The molecule has 0 fully saturated rings. The van der Waals surface area contributed by atoms with Crippen molar-refractivity contribution in [2.45, 2.75) is 109 Å². The molecule has 324 valence electrons. The summed E-state index contributed by atoms with van der Waals surface area (Å²) in [5, 5.41) is 5.66. The van der Waals surface area contributed by atoms with Gasteiger partial charge >= 0.3 is 0 Å². The Hall–Kier alpha value is -5.70. The maximum atomic E-state index is 14.1. The first-order chi connectivity index (χ1) is 26.9. The molecule has 0 aromatic carbocycles. The van der Waals surface area contributed by atoms with Gasteiger partial charge in [0.05, 0.1) is 12.1 Å². The van der Waals surface area contributed by atoms with Crippen LogP contribution in [-0.2, 0) is 24.0 Å². The Morgan fingerprint density at radius 2 is 0.737 bits per heavy atom. The first kappa shape index (κ1) is 51.3. The lowest BCUT2D eigenvalue weighted by Crippen LogP contribution is -2.47. The van der Waals surface area contributed by atoms with E-state index in [1.165, 1.54) is 0 Å². The second-order valence-corrected chi connectivity index (χ2v) is 13.8. The summed E-state index contributed by atoms with van der Waals surface area (Å²) in [4.78, 5) is 87.8. The van der Waals surface area contributed by atoms with E-state index in [2.05, 4.69) is 35.6 Å². The number of ketones is 3. The van der Waals surface area contributed by atoms with E-state index in [1.54, 1.807) is 13.8 Å². The lowest BCUT2D eigenvalue weighted by Gasteiger charge is -2.25. The van der Waals surface area contributed by atoms with Crippen molar-refractivity contribution in [1.82, 2.24) is 10.6 Å². The minimum Gasteiger partial charge on any atom is -0.370 e. The molecule has 0 rings (SSSR count). The highest BCUT2D eigenvalue weighted by Crippen LogP contribution is 2.21. The summed E-state index contributed by atoms with van der Waals surface area (Å²) in [5.74, 6) is -4.48. The van der Waals surface area contributed by atoms with Crippen molar-refractivity contribution in [2.75, 3.05) is 32.7 Å². The summed E-state index contributed by atoms with van der Waals surface area (Å²) < 4.78 is 0. The minimum absolute atomic E-state index is 0.0430. The monoisotopic (exact) mass is 808 g/mol. The van der Waals surface area contributed by atoms with Crippen LogP contribution in [0.4, 0.5) is 0 Å². The Kier molecular flexibility index (Phi) is 26.6. The van der Waals surface area contributed by atoms with Gasteiger partial charge in [-0.1, -0.05) is 13.8 Å². The van der Waals surface area contributed by atoms with Crippen LogP contribution in [0.25, 0.3) is 0 Å². The largest absolute Gasteiger partial charge is 0.370 e. The van der Waals surface area contributed by atoms with Crippen molar-refractivity contribution in [1.29, 1.82) is 0 Å². The van der Waals surface area contributed by atoms with Crippen LogP contribution in [0.1, 0.15) is 97.3 Å². The highest BCUT2D eigenvalue weighted by molar-refractivity contribution is 5.95. The van der Waals surface area contributed by atoms with Crippen LogP contribution in [0.15, 0.2) is 25.0 Å². The number of amides is 2. The summed E-state index contributed by atoms with van der Waals surface area (Å²) in [5.41, 5.74) is 54.5. The second kappa shape index (κ2) is 29.6. The van der Waals surface area contributed by atoms with Gasteiger partial charge in [-0.3, -0.25) is 48.9 Å². The van der Waals surface area contributed by atoms with E-state index in [0.717, 1.165) is 0 Å². The molecule has 0 heterocycles. The van der Waals surface area contributed by atoms with Crippen molar-refractivity contribution < 1.29 is 24.0 Å². The average Bonchev–Trinajstić information content (AvgIpc) is 3.13. The van der Waals surface area contributed by atoms with Gasteiger partial charge in [0.15, 0.2) is 41.4 Å². The summed E-state index contributed by atoms with van der Waals surface area (Å²) in [6.07, 6.45) is 3.10. The molecule has 0 spiro atoms. The van der Waals surface area contributed by atoms with E-state index in [1.807, 2.05) is 0 Å². The Bertz CT molecular complexity index is 1410. The Labute approximate surface area is 335 Å². The van der Waals surface area contributed by atoms with Crippen LogP contribution in [0.2, 0.25) is 0 Å². The number of nitrogens with one attached hydrogen (secondary N) is 2. The highest BCUT2D eigenvalue weighted by atomic mass is 16.2. The van der Waals surface area contributed by atoms with E-state index in [0.29, 0.717) is 45.1 Å². The zero-order chi connectivity index (χ0) is 43.3. The molecule has 0 radical (unpaired) electrons. The van der Waals surface area contributed by atoms with E-state index in [-0.39, 0.29) is 112 Å². The van der Waals surface area contributed by atoms with E-state index in [4.69, 9.17) is 57.3 Å². The van der Waals surface area contributed by atoms with Crippen LogP contribution >= 0.6 is 0 Å². The second-order valence-electron chi connectivity index (χ2n) is 13.8. The molecule has 0 aromatic rings. The molecule has 22 nitrogen and oxygen atoms in total. The van der Waals surface area contributed by atoms with Crippen molar-refractivity contribution in [3.05, 3.63) is 0 Å². The lowest BCUT2D eigenvalue weighted by molar-refractivity contribution is -0.135. The van der Waals surface area contributed by atoms with Gasteiger partial charge in [-0.05, 0) is 64.2 Å². The number of hydrogen-bond donors (Lipinski definition) is 12. The van der Waals surface area contributed by atoms with Gasteiger partial charge in [0.1, 0.15) is 5.78 Å².